The lowest BCUT2D eigenvalue weighted by atomic mass is 10.2. The second kappa shape index (κ2) is 7.47. The third-order valence-corrected chi connectivity index (χ3v) is 4.82. The van der Waals surface area contributed by atoms with Gasteiger partial charge in [-0.3, -0.25) is 0 Å². The lowest BCUT2D eigenvalue weighted by molar-refractivity contribution is 0.161. The maximum Gasteiger partial charge on any atom is 0.327 e. The molecule has 0 fully saturated rings. The summed E-state index contributed by atoms with van der Waals surface area (Å²) < 4.78 is 16.3. The fraction of sp³-hybridized carbons (Fsp3) is 0.455. The average molecular weight is 295 g/mol. The smallest absolute Gasteiger partial charge is 0.309 e. The first-order valence-electron chi connectivity index (χ1n) is 5.38. The minimum Gasteiger partial charge on any atom is -0.309 e. The predicted octanol–water partition coefficient (Wildman–Crippen LogP) is 4.15. The summed E-state index contributed by atoms with van der Waals surface area (Å²) in [6.07, 6.45) is 0. The average Bonchev–Trinajstić information content (AvgIpc) is 2.29. The molecule has 6 heteroatoms. The van der Waals surface area contributed by atoms with Crippen LogP contribution in [0, 0.1) is 0 Å². The Kier molecular flexibility index (Phi) is 6.63. The Morgan fingerprint density at radius 2 is 1.71 bits per heavy atom. The molecule has 0 N–H and O–H groups in total. The zero-order valence-corrected chi connectivity index (χ0v) is 12.4. The summed E-state index contributed by atoms with van der Waals surface area (Å²) in [5.41, 5.74) is 0.878. The highest BCUT2D eigenvalue weighted by Crippen LogP contribution is 2.50. The molecule has 0 atom stereocenters. The van der Waals surface area contributed by atoms with Crippen molar-refractivity contribution in [3.8, 4) is 0 Å². The van der Waals surface area contributed by atoms with Crippen molar-refractivity contribution in [3.63, 3.8) is 0 Å². The van der Waals surface area contributed by atoms with Gasteiger partial charge in [0.05, 0.1) is 19.8 Å². The van der Waals surface area contributed by atoms with Crippen LogP contribution < -0.4 is 0 Å². The number of hydrogen-bond donors (Lipinski definition) is 0. The highest BCUT2D eigenvalue weighted by atomic mass is 35.5. The molecule has 0 unspecified atom stereocenters. The minimum atomic E-state index is -2.63. The van der Waals surface area contributed by atoms with E-state index in [0.29, 0.717) is 24.8 Å². The Balaban J connectivity index is 2.64. The number of hydrogen-bond acceptors (Lipinski definition) is 4. The molecule has 3 nitrogen and oxygen atoms in total. The van der Waals surface area contributed by atoms with Gasteiger partial charge in [-0.25, -0.2) is 0 Å². The predicted molar refractivity (Wildman–Crippen MR) is 73.8 cm³/mol. The monoisotopic (exact) mass is 294 g/mol. The quantitative estimate of drug-likeness (QED) is 0.706. The zero-order valence-electron chi connectivity index (χ0n) is 9.89. The van der Waals surface area contributed by atoms with Gasteiger partial charge >= 0.3 is 6.72 Å². The molecular formula is C11H16ClO3PS. The summed E-state index contributed by atoms with van der Waals surface area (Å²) in [5, 5.41) is 0.655. The Morgan fingerprint density at radius 3 is 2.24 bits per heavy atom. The van der Waals surface area contributed by atoms with Crippen molar-refractivity contribution in [1.29, 1.82) is 0 Å². The van der Waals surface area contributed by atoms with Gasteiger partial charge in [0.2, 0.25) is 0 Å². The summed E-state index contributed by atoms with van der Waals surface area (Å²) in [6, 6.07) is 7.47. The van der Waals surface area contributed by atoms with Crippen LogP contribution >= 0.6 is 18.3 Å². The van der Waals surface area contributed by atoms with Crippen LogP contribution in [-0.2, 0) is 32.0 Å². The highest BCUT2D eigenvalue weighted by Gasteiger charge is 2.19. The molecular weight excluding hydrogens is 279 g/mol. The van der Waals surface area contributed by atoms with E-state index in [2.05, 4.69) is 0 Å². The maximum absolute atomic E-state index is 6.02. The third kappa shape index (κ3) is 5.04. The maximum atomic E-state index is 6.02. The van der Waals surface area contributed by atoms with Crippen molar-refractivity contribution in [2.45, 2.75) is 20.5 Å². The van der Waals surface area contributed by atoms with Gasteiger partial charge in [-0.2, -0.15) is 0 Å². The lowest BCUT2D eigenvalue weighted by Gasteiger charge is -2.20. The summed E-state index contributed by atoms with van der Waals surface area (Å²) >= 11 is 11.3. The molecule has 96 valence electrons. The van der Waals surface area contributed by atoms with Gasteiger partial charge in [0.25, 0.3) is 0 Å². The van der Waals surface area contributed by atoms with Crippen LogP contribution in [0.15, 0.2) is 24.3 Å². The molecule has 1 aromatic rings. The van der Waals surface area contributed by atoms with Crippen LogP contribution in [0.25, 0.3) is 0 Å². The SMILES string of the molecule is CCOP(=S)(OCC)OCc1ccccc1Cl. The van der Waals surface area contributed by atoms with Crippen molar-refractivity contribution in [1.82, 2.24) is 0 Å². The molecule has 0 aliphatic rings. The second-order valence-corrected chi connectivity index (χ2v) is 6.57. The van der Waals surface area contributed by atoms with E-state index in [1.54, 1.807) is 0 Å². The first-order chi connectivity index (χ1) is 8.11. The molecule has 1 aromatic carbocycles. The van der Waals surface area contributed by atoms with Gasteiger partial charge in [0.15, 0.2) is 0 Å². The van der Waals surface area contributed by atoms with Crippen molar-refractivity contribution in [2.75, 3.05) is 13.2 Å². The molecule has 0 spiro atoms. The van der Waals surface area contributed by atoms with E-state index in [-0.39, 0.29) is 0 Å². The van der Waals surface area contributed by atoms with E-state index in [1.807, 2.05) is 38.1 Å². The van der Waals surface area contributed by atoms with Crippen LogP contribution in [0.3, 0.4) is 0 Å². The standard InChI is InChI=1S/C11H16ClO3PS/c1-3-13-16(17,14-4-2)15-9-10-7-5-6-8-11(10)12/h5-8H,3-4,9H2,1-2H3. The van der Waals surface area contributed by atoms with E-state index >= 15 is 0 Å². The topological polar surface area (TPSA) is 27.7 Å². The Bertz CT molecular complexity index is 390. The fourth-order valence-corrected chi connectivity index (χ4v) is 3.33. The van der Waals surface area contributed by atoms with Crippen LogP contribution in [0.5, 0.6) is 0 Å². The van der Waals surface area contributed by atoms with Crippen LogP contribution in [-0.4, -0.2) is 13.2 Å². The van der Waals surface area contributed by atoms with E-state index in [4.69, 9.17) is 37.0 Å². The molecule has 1 rings (SSSR count). The Morgan fingerprint density at radius 1 is 1.12 bits per heavy atom. The molecule has 0 aliphatic heterocycles. The Hall–Kier alpha value is 0.0400. The molecule has 0 aliphatic carbocycles. The van der Waals surface area contributed by atoms with Gasteiger partial charge < -0.3 is 13.6 Å². The molecule has 0 aromatic heterocycles. The van der Waals surface area contributed by atoms with Crippen molar-refractivity contribution in [2.24, 2.45) is 0 Å². The first kappa shape index (κ1) is 15.1. The van der Waals surface area contributed by atoms with E-state index in [9.17, 15) is 0 Å². The Labute approximate surface area is 112 Å². The lowest BCUT2D eigenvalue weighted by Crippen LogP contribution is -2.00. The number of rotatable bonds is 7. The molecule has 0 heterocycles. The third-order valence-electron chi connectivity index (χ3n) is 1.91. The summed E-state index contributed by atoms with van der Waals surface area (Å²) in [5.74, 6) is 0. The molecule has 0 saturated heterocycles. The van der Waals surface area contributed by atoms with Crippen LogP contribution in [0.4, 0.5) is 0 Å². The summed E-state index contributed by atoms with van der Waals surface area (Å²) in [7, 11) is 0. The molecule has 0 amide bonds. The minimum absolute atomic E-state index is 0.303. The molecule has 0 saturated carbocycles. The van der Waals surface area contributed by atoms with Gasteiger partial charge in [-0.1, -0.05) is 29.8 Å². The van der Waals surface area contributed by atoms with E-state index in [0.717, 1.165) is 5.56 Å². The van der Waals surface area contributed by atoms with E-state index in [1.165, 1.54) is 0 Å². The fourth-order valence-electron chi connectivity index (χ4n) is 1.19. The zero-order chi connectivity index (χ0) is 12.7. The normalized spacial score (nSPS) is 11.7. The molecule has 0 bridgehead atoms. The highest BCUT2D eigenvalue weighted by molar-refractivity contribution is 8.07. The van der Waals surface area contributed by atoms with E-state index < -0.39 is 6.72 Å². The summed E-state index contributed by atoms with van der Waals surface area (Å²) in [4.78, 5) is 0. The first-order valence-corrected chi connectivity index (χ1v) is 8.31. The summed E-state index contributed by atoms with van der Waals surface area (Å²) in [6.45, 7) is 2.34. The van der Waals surface area contributed by atoms with Gasteiger partial charge in [0.1, 0.15) is 0 Å². The molecule has 17 heavy (non-hydrogen) atoms. The second-order valence-electron chi connectivity index (χ2n) is 3.15. The van der Waals surface area contributed by atoms with Crippen LogP contribution in [0.1, 0.15) is 19.4 Å². The largest absolute Gasteiger partial charge is 0.327 e. The number of halogens is 1. The van der Waals surface area contributed by atoms with Crippen LogP contribution in [0.2, 0.25) is 5.02 Å². The van der Waals surface area contributed by atoms with Crippen molar-refractivity contribution in [3.05, 3.63) is 34.9 Å². The van der Waals surface area contributed by atoms with Crippen molar-refractivity contribution < 1.29 is 13.6 Å². The van der Waals surface area contributed by atoms with Gasteiger partial charge in [-0.05, 0) is 37.3 Å². The van der Waals surface area contributed by atoms with Gasteiger partial charge in [-0.15, -0.1) is 0 Å². The number of benzene rings is 1. The molecule has 0 radical (unpaired) electrons. The van der Waals surface area contributed by atoms with Crippen molar-refractivity contribution >= 4 is 30.1 Å². The van der Waals surface area contributed by atoms with Gasteiger partial charge in [0, 0.05) is 5.02 Å².